The van der Waals surface area contributed by atoms with Crippen LogP contribution in [0.5, 0.6) is 0 Å². The molecule has 0 aliphatic rings. The molecule has 4 rings (SSSR count). The highest BCUT2D eigenvalue weighted by atomic mass is 79.9. The third kappa shape index (κ3) is 2.19. The van der Waals surface area contributed by atoms with Gasteiger partial charge >= 0.3 is 0 Å². The minimum atomic E-state index is -0.282. The average molecular weight is 420 g/mol. The Morgan fingerprint density at radius 2 is 1.73 bits per heavy atom. The summed E-state index contributed by atoms with van der Waals surface area (Å²) in [5.74, 6) is 0.521. The van der Waals surface area contributed by atoms with Crippen molar-refractivity contribution in [1.82, 2.24) is 9.97 Å². The van der Waals surface area contributed by atoms with Crippen molar-refractivity contribution in [1.29, 1.82) is 0 Å². The normalized spacial score (nSPS) is 11.4. The summed E-state index contributed by atoms with van der Waals surface area (Å²) in [7, 11) is 0. The van der Waals surface area contributed by atoms with Crippen LogP contribution in [-0.2, 0) is 0 Å². The first-order chi connectivity index (χ1) is 10.6. The summed E-state index contributed by atoms with van der Waals surface area (Å²) < 4.78 is 7.50. The minimum Gasteiger partial charge on any atom is -0.449 e. The lowest BCUT2D eigenvalue weighted by Gasteiger charge is -2.01. The molecule has 0 aliphatic heterocycles. The lowest BCUT2D eigenvalue weighted by atomic mass is 10.2. The summed E-state index contributed by atoms with van der Waals surface area (Å²) in [5.41, 5.74) is 2.01. The second-order valence-electron chi connectivity index (χ2n) is 4.84. The van der Waals surface area contributed by atoms with Crippen molar-refractivity contribution in [3.8, 4) is 11.4 Å². The average Bonchev–Trinajstić information content (AvgIpc) is 2.87. The van der Waals surface area contributed by atoms with Gasteiger partial charge in [0, 0.05) is 19.9 Å². The maximum absolute atomic E-state index is 12.3. The predicted molar refractivity (Wildman–Crippen MR) is 93.0 cm³/mol. The fourth-order valence-electron chi connectivity index (χ4n) is 2.37. The van der Waals surface area contributed by atoms with E-state index in [1.165, 1.54) is 0 Å². The second-order valence-corrected chi connectivity index (χ2v) is 6.67. The van der Waals surface area contributed by atoms with Gasteiger partial charge in [0.2, 0.25) is 5.58 Å². The van der Waals surface area contributed by atoms with Crippen molar-refractivity contribution in [2.75, 3.05) is 0 Å². The third-order valence-corrected chi connectivity index (χ3v) is 4.43. The van der Waals surface area contributed by atoms with Crippen molar-refractivity contribution >= 4 is 53.9 Å². The lowest BCUT2D eigenvalue weighted by molar-refractivity contribution is 0.661. The van der Waals surface area contributed by atoms with Gasteiger partial charge in [0.1, 0.15) is 16.9 Å². The van der Waals surface area contributed by atoms with Gasteiger partial charge in [0.15, 0.2) is 0 Å². The Hall–Kier alpha value is -1.92. The Balaban J connectivity index is 2.06. The fraction of sp³-hybridized carbons (Fsp3) is 0. The van der Waals surface area contributed by atoms with E-state index in [1.807, 2.05) is 42.5 Å². The molecule has 108 valence electrons. The Bertz CT molecular complexity index is 1070. The molecule has 0 saturated heterocycles. The molecule has 22 heavy (non-hydrogen) atoms. The van der Waals surface area contributed by atoms with Gasteiger partial charge in [-0.2, -0.15) is 0 Å². The maximum atomic E-state index is 12.3. The molecule has 0 bridgehead atoms. The minimum absolute atomic E-state index is 0.244. The van der Waals surface area contributed by atoms with Gasteiger partial charge < -0.3 is 9.40 Å². The van der Waals surface area contributed by atoms with Crippen molar-refractivity contribution < 1.29 is 4.42 Å². The molecule has 6 heteroatoms. The molecule has 0 amide bonds. The van der Waals surface area contributed by atoms with E-state index in [0.717, 1.165) is 19.9 Å². The van der Waals surface area contributed by atoms with Gasteiger partial charge in [-0.15, -0.1) is 0 Å². The number of fused-ring (bicyclic) bond motifs is 3. The molecule has 0 saturated carbocycles. The number of H-pyrrole nitrogens is 1. The molecule has 0 aliphatic carbocycles. The van der Waals surface area contributed by atoms with Crippen LogP contribution in [0.25, 0.3) is 33.5 Å². The first-order valence-electron chi connectivity index (χ1n) is 6.50. The van der Waals surface area contributed by atoms with E-state index in [0.29, 0.717) is 16.9 Å². The molecule has 0 unspecified atom stereocenters. The molecule has 4 nitrogen and oxygen atoms in total. The zero-order chi connectivity index (χ0) is 15.3. The van der Waals surface area contributed by atoms with Gasteiger partial charge in [-0.05, 0) is 30.3 Å². The van der Waals surface area contributed by atoms with Crippen molar-refractivity contribution in [2.24, 2.45) is 0 Å². The van der Waals surface area contributed by atoms with Crippen LogP contribution in [0.15, 0.2) is 60.6 Å². The molecule has 0 fully saturated rings. The Labute approximate surface area is 141 Å². The Morgan fingerprint density at radius 3 is 2.50 bits per heavy atom. The number of halogens is 2. The van der Waals surface area contributed by atoms with E-state index < -0.39 is 0 Å². The van der Waals surface area contributed by atoms with Gasteiger partial charge in [-0.3, -0.25) is 4.79 Å². The van der Waals surface area contributed by atoms with Crippen LogP contribution < -0.4 is 5.56 Å². The molecule has 0 spiro atoms. The van der Waals surface area contributed by atoms with Gasteiger partial charge in [-0.25, -0.2) is 4.98 Å². The van der Waals surface area contributed by atoms with Gasteiger partial charge in [0.25, 0.3) is 5.56 Å². The fourth-order valence-corrected chi connectivity index (χ4v) is 3.00. The number of hydrogen-bond acceptors (Lipinski definition) is 3. The van der Waals surface area contributed by atoms with Gasteiger partial charge in [0.05, 0.1) is 0 Å². The van der Waals surface area contributed by atoms with Crippen molar-refractivity contribution in [3.63, 3.8) is 0 Å². The summed E-state index contributed by atoms with van der Waals surface area (Å²) in [6.45, 7) is 0. The van der Waals surface area contributed by atoms with Crippen LogP contribution in [0.3, 0.4) is 0 Å². The number of hydrogen-bond donors (Lipinski definition) is 1. The van der Waals surface area contributed by atoms with Crippen LogP contribution in [0.1, 0.15) is 0 Å². The molecular weight excluding hydrogens is 412 g/mol. The number of rotatable bonds is 1. The summed E-state index contributed by atoms with van der Waals surface area (Å²) in [6.07, 6.45) is 0. The predicted octanol–water partition coefficient (Wildman–Crippen LogP) is 4.86. The molecule has 2 aromatic heterocycles. The smallest absolute Gasteiger partial charge is 0.294 e. The SMILES string of the molecule is O=c1[nH]c(-c2ccc(Br)cc2)nc2c1oc1ccc(Br)cc12. The molecular formula is C16H8Br2N2O2. The number of nitrogens with zero attached hydrogens (tertiary/aromatic N) is 1. The molecule has 2 aromatic carbocycles. The van der Waals surface area contributed by atoms with Gasteiger partial charge in [-0.1, -0.05) is 44.0 Å². The van der Waals surface area contributed by atoms with E-state index in [2.05, 4.69) is 41.8 Å². The van der Waals surface area contributed by atoms with Crippen molar-refractivity contribution in [2.45, 2.75) is 0 Å². The summed E-state index contributed by atoms with van der Waals surface area (Å²) in [5, 5.41) is 0.814. The number of furan rings is 1. The molecule has 0 atom stereocenters. The molecule has 2 heterocycles. The van der Waals surface area contributed by atoms with E-state index in [1.54, 1.807) is 0 Å². The highest BCUT2D eigenvalue weighted by Gasteiger charge is 2.14. The number of benzene rings is 2. The largest absolute Gasteiger partial charge is 0.449 e. The van der Waals surface area contributed by atoms with Crippen LogP contribution >= 0.6 is 31.9 Å². The van der Waals surface area contributed by atoms with E-state index >= 15 is 0 Å². The van der Waals surface area contributed by atoms with Crippen LogP contribution in [0, 0.1) is 0 Å². The first kappa shape index (κ1) is 13.7. The first-order valence-corrected chi connectivity index (χ1v) is 8.08. The van der Waals surface area contributed by atoms with E-state index in [4.69, 9.17) is 4.42 Å². The third-order valence-electron chi connectivity index (χ3n) is 3.40. The summed E-state index contributed by atoms with van der Waals surface area (Å²) >= 11 is 6.83. The second kappa shape index (κ2) is 5.07. The monoisotopic (exact) mass is 418 g/mol. The zero-order valence-corrected chi connectivity index (χ0v) is 14.2. The highest BCUT2D eigenvalue weighted by Crippen LogP contribution is 2.29. The highest BCUT2D eigenvalue weighted by molar-refractivity contribution is 9.10. The molecule has 4 aromatic rings. The van der Waals surface area contributed by atoms with Crippen LogP contribution in [-0.4, -0.2) is 9.97 Å². The topological polar surface area (TPSA) is 58.9 Å². The number of nitrogens with one attached hydrogen (secondary N) is 1. The summed E-state index contributed by atoms with van der Waals surface area (Å²) in [4.78, 5) is 19.6. The molecule has 1 N–H and O–H groups in total. The Kier molecular flexibility index (Phi) is 3.16. The summed E-state index contributed by atoms with van der Waals surface area (Å²) in [6, 6.07) is 13.2. The lowest BCUT2D eigenvalue weighted by Crippen LogP contribution is -2.08. The van der Waals surface area contributed by atoms with Crippen molar-refractivity contribution in [3.05, 3.63) is 61.8 Å². The van der Waals surface area contributed by atoms with E-state index in [9.17, 15) is 4.79 Å². The molecule has 0 radical (unpaired) electrons. The standard InChI is InChI=1S/C16H8Br2N2O2/c17-9-3-1-8(2-4-9)15-19-13-11-7-10(18)5-6-12(11)22-14(13)16(21)20-15/h1-7H,(H,19,20,21). The zero-order valence-electron chi connectivity index (χ0n) is 11.1. The number of aromatic amines is 1. The van der Waals surface area contributed by atoms with E-state index in [-0.39, 0.29) is 11.1 Å². The number of aromatic nitrogens is 2. The van der Waals surface area contributed by atoms with Crippen LogP contribution in [0.2, 0.25) is 0 Å². The maximum Gasteiger partial charge on any atom is 0.294 e. The Morgan fingerprint density at radius 1 is 1.00 bits per heavy atom. The quantitative estimate of drug-likeness (QED) is 0.479. The van der Waals surface area contributed by atoms with Crippen LogP contribution in [0.4, 0.5) is 0 Å².